The molecule has 11 nitrogen and oxygen atoms in total. The summed E-state index contributed by atoms with van der Waals surface area (Å²) in [4.78, 5) is 65.5. The molecule has 0 aliphatic carbocycles. The van der Waals surface area contributed by atoms with Crippen molar-refractivity contribution in [3.8, 4) is 0 Å². The van der Waals surface area contributed by atoms with Crippen LogP contribution in [-0.4, -0.2) is 58.1 Å². The van der Waals surface area contributed by atoms with Gasteiger partial charge in [0.15, 0.2) is 5.78 Å². The van der Waals surface area contributed by atoms with E-state index in [-0.39, 0.29) is 17.8 Å². The molecular formula is C28H33N5O6. The van der Waals surface area contributed by atoms with Gasteiger partial charge in [0, 0.05) is 30.0 Å². The first-order valence-corrected chi connectivity index (χ1v) is 13.1. The highest BCUT2D eigenvalue weighted by atomic mass is 16.5. The maximum Gasteiger partial charge on any atom is 0.332 e. The summed E-state index contributed by atoms with van der Waals surface area (Å²) in [5.41, 5.74) is 0.412. The maximum atomic E-state index is 13.4. The van der Waals surface area contributed by atoms with Gasteiger partial charge in [-0.2, -0.15) is 0 Å². The molecule has 1 saturated heterocycles. The maximum absolute atomic E-state index is 13.4. The van der Waals surface area contributed by atoms with Crippen molar-refractivity contribution in [1.82, 2.24) is 14.0 Å². The highest BCUT2D eigenvalue weighted by molar-refractivity contribution is 6.02. The lowest BCUT2D eigenvalue weighted by molar-refractivity contribution is -0.143. The molecule has 2 aromatic carbocycles. The van der Waals surface area contributed by atoms with Gasteiger partial charge in [0.05, 0.1) is 17.5 Å². The monoisotopic (exact) mass is 535 g/mol. The minimum absolute atomic E-state index is 0.126. The van der Waals surface area contributed by atoms with Gasteiger partial charge in [-0.3, -0.25) is 19.0 Å². The number of hydrogen-bond donors (Lipinski definition) is 2. The van der Waals surface area contributed by atoms with Gasteiger partial charge in [-0.05, 0) is 70.1 Å². The Bertz CT molecular complexity index is 1500. The van der Waals surface area contributed by atoms with E-state index in [9.17, 15) is 24.0 Å². The number of carbonyl (C=O) groups is 3. The Morgan fingerprint density at radius 1 is 0.897 bits per heavy atom. The number of rotatable bonds is 9. The van der Waals surface area contributed by atoms with E-state index in [2.05, 4.69) is 15.5 Å². The normalized spacial score (nSPS) is 13.7. The number of hydrogen-bond acceptors (Lipinski definition) is 7. The highest BCUT2D eigenvalue weighted by Crippen LogP contribution is 2.18. The molecule has 1 aliphatic heterocycles. The fourth-order valence-electron chi connectivity index (χ4n) is 4.73. The van der Waals surface area contributed by atoms with Gasteiger partial charge in [-0.25, -0.2) is 14.2 Å². The van der Waals surface area contributed by atoms with Gasteiger partial charge in [-0.1, -0.05) is 18.6 Å². The van der Waals surface area contributed by atoms with Crippen LogP contribution in [0, 0.1) is 0 Å². The average Bonchev–Trinajstić information content (AvgIpc) is 2.92. The number of anilines is 2. The molecule has 206 valence electrons. The predicted molar refractivity (Wildman–Crippen MR) is 148 cm³/mol. The molecule has 39 heavy (non-hydrogen) atoms. The number of esters is 1. The number of nitrogens with one attached hydrogen (secondary N) is 2. The number of piperidine rings is 1. The van der Waals surface area contributed by atoms with E-state index in [0.29, 0.717) is 35.5 Å². The van der Waals surface area contributed by atoms with E-state index in [1.54, 1.807) is 43.3 Å². The summed E-state index contributed by atoms with van der Waals surface area (Å²) in [7, 11) is 0. The average molecular weight is 536 g/mol. The fourth-order valence-corrected chi connectivity index (χ4v) is 4.73. The highest BCUT2D eigenvalue weighted by Gasteiger charge is 2.18. The second-order valence-electron chi connectivity index (χ2n) is 9.48. The molecule has 4 rings (SSSR count). The van der Waals surface area contributed by atoms with E-state index in [1.807, 2.05) is 0 Å². The Hall–Kier alpha value is -4.25. The smallest absolute Gasteiger partial charge is 0.332 e. The Kier molecular flexibility index (Phi) is 8.92. The Labute approximate surface area is 225 Å². The molecule has 1 aromatic heterocycles. The van der Waals surface area contributed by atoms with Gasteiger partial charge in [0.25, 0.3) is 5.56 Å². The number of likely N-dealkylation sites (tertiary alicyclic amines) is 1. The van der Waals surface area contributed by atoms with E-state index < -0.39 is 29.8 Å². The first-order valence-electron chi connectivity index (χ1n) is 13.1. The number of nitrogens with zero attached hydrogens (tertiary/aromatic N) is 3. The third-order valence-corrected chi connectivity index (χ3v) is 6.69. The first kappa shape index (κ1) is 27.8. The van der Waals surface area contributed by atoms with Gasteiger partial charge >= 0.3 is 17.7 Å². The lowest BCUT2D eigenvalue weighted by Crippen LogP contribution is -2.43. The summed E-state index contributed by atoms with van der Waals surface area (Å²) in [6, 6.07) is 10.7. The fraction of sp³-hybridized carbons (Fsp3) is 0.393. The largest absolute Gasteiger partial charge is 0.465 e. The van der Waals surface area contributed by atoms with Crippen molar-refractivity contribution in [2.45, 2.75) is 46.2 Å². The van der Waals surface area contributed by atoms with Crippen LogP contribution in [0.1, 0.15) is 43.5 Å². The number of ketones is 1. The van der Waals surface area contributed by atoms with Crippen LogP contribution in [-0.2, 0) is 22.6 Å². The van der Waals surface area contributed by atoms with E-state index in [1.165, 1.54) is 24.0 Å². The predicted octanol–water partition coefficient (Wildman–Crippen LogP) is 3.06. The summed E-state index contributed by atoms with van der Waals surface area (Å²) < 4.78 is 7.36. The van der Waals surface area contributed by atoms with Crippen molar-refractivity contribution >= 4 is 40.1 Å². The van der Waals surface area contributed by atoms with Crippen molar-refractivity contribution in [3.05, 3.63) is 68.9 Å². The van der Waals surface area contributed by atoms with Crippen molar-refractivity contribution in [2.75, 3.05) is 36.9 Å². The minimum Gasteiger partial charge on any atom is -0.465 e. The van der Waals surface area contributed by atoms with Crippen LogP contribution in [0.25, 0.3) is 10.9 Å². The number of ether oxygens (including phenoxy) is 1. The van der Waals surface area contributed by atoms with Gasteiger partial charge in [0.2, 0.25) is 0 Å². The molecule has 0 spiro atoms. The molecular weight excluding hydrogens is 502 g/mol. The zero-order valence-corrected chi connectivity index (χ0v) is 22.2. The topological polar surface area (TPSA) is 132 Å². The number of benzene rings is 2. The second kappa shape index (κ2) is 12.5. The first-order chi connectivity index (χ1) is 18.8. The zero-order chi connectivity index (χ0) is 27.9. The van der Waals surface area contributed by atoms with Gasteiger partial charge in [0.1, 0.15) is 6.54 Å². The van der Waals surface area contributed by atoms with Crippen LogP contribution < -0.4 is 21.9 Å². The Balaban J connectivity index is 1.65. The van der Waals surface area contributed by atoms with E-state index >= 15 is 0 Å². The van der Waals surface area contributed by atoms with Crippen LogP contribution in [0.15, 0.2) is 52.1 Å². The molecule has 0 atom stereocenters. The van der Waals surface area contributed by atoms with Crippen molar-refractivity contribution in [2.24, 2.45) is 0 Å². The molecule has 3 aromatic rings. The lowest BCUT2D eigenvalue weighted by Gasteiger charge is -2.27. The van der Waals surface area contributed by atoms with Crippen LogP contribution >= 0.6 is 0 Å². The SMILES string of the molecule is CCOC(=O)Cn1c(=O)c2cc(NC(=O)Nc3cccc(C(C)=O)c3)ccc2n(CCN2CCCCC2)c1=O. The lowest BCUT2D eigenvalue weighted by atomic mass is 10.1. The van der Waals surface area contributed by atoms with Gasteiger partial charge < -0.3 is 20.3 Å². The second-order valence-corrected chi connectivity index (χ2v) is 9.48. The van der Waals surface area contributed by atoms with E-state index in [0.717, 1.165) is 30.5 Å². The minimum atomic E-state index is -0.680. The molecule has 0 bridgehead atoms. The molecule has 2 amide bonds. The number of amides is 2. The molecule has 0 radical (unpaired) electrons. The summed E-state index contributed by atoms with van der Waals surface area (Å²) in [6.45, 7) is 5.60. The molecule has 11 heteroatoms. The molecule has 2 N–H and O–H groups in total. The summed E-state index contributed by atoms with van der Waals surface area (Å²) in [5, 5.41) is 5.54. The van der Waals surface area contributed by atoms with Crippen LogP contribution in [0.3, 0.4) is 0 Å². The third kappa shape index (κ3) is 6.80. The molecule has 0 saturated carbocycles. The van der Waals surface area contributed by atoms with Crippen LogP contribution in [0.5, 0.6) is 0 Å². The number of fused-ring (bicyclic) bond motifs is 1. The quantitative estimate of drug-likeness (QED) is 0.318. The molecule has 1 fully saturated rings. The number of Topliss-reactive ketones (excluding diaryl/α,β-unsaturated/α-hetero) is 1. The number of aromatic nitrogens is 2. The molecule has 2 heterocycles. The van der Waals surface area contributed by atoms with E-state index in [4.69, 9.17) is 4.74 Å². The van der Waals surface area contributed by atoms with Crippen molar-refractivity contribution < 1.29 is 19.1 Å². The number of carbonyl (C=O) groups excluding carboxylic acids is 3. The molecule has 0 unspecified atom stereocenters. The summed E-state index contributed by atoms with van der Waals surface area (Å²) in [5.74, 6) is -0.806. The summed E-state index contributed by atoms with van der Waals surface area (Å²) in [6.07, 6.45) is 3.40. The summed E-state index contributed by atoms with van der Waals surface area (Å²) >= 11 is 0. The third-order valence-electron chi connectivity index (χ3n) is 6.69. The standard InChI is InChI=1S/C28H33N5O6/c1-3-39-25(35)18-33-26(36)23-17-22(30-27(37)29-21-9-7-8-20(16-21)19(2)34)10-11-24(23)32(28(33)38)15-14-31-12-5-4-6-13-31/h7-11,16-17H,3-6,12-15,18H2,1-2H3,(H2,29,30,37). The number of urea groups is 1. The van der Waals surface area contributed by atoms with Gasteiger partial charge in [-0.15, -0.1) is 0 Å². The molecule has 1 aliphatic rings. The van der Waals surface area contributed by atoms with Crippen LogP contribution in [0.4, 0.5) is 16.2 Å². The van der Waals surface area contributed by atoms with Crippen molar-refractivity contribution in [3.63, 3.8) is 0 Å². The van der Waals surface area contributed by atoms with Crippen molar-refractivity contribution in [1.29, 1.82) is 0 Å². The Morgan fingerprint density at radius 2 is 1.62 bits per heavy atom. The van der Waals surface area contributed by atoms with Crippen LogP contribution in [0.2, 0.25) is 0 Å². The Morgan fingerprint density at radius 3 is 2.31 bits per heavy atom. The zero-order valence-electron chi connectivity index (χ0n) is 22.2.